The second-order valence-electron chi connectivity index (χ2n) is 4.51. The van der Waals surface area contributed by atoms with E-state index in [1.54, 1.807) is 0 Å². The summed E-state index contributed by atoms with van der Waals surface area (Å²) in [6.45, 7) is 5.60. The van der Waals surface area contributed by atoms with Crippen molar-refractivity contribution in [3.05, 3.63) is 18.2 Å². The summed E-state index contributed by atoms with van der Waals surface area (Å²) in [5.41, 5.74) is 6.95. The van der Waals surface area contributed by atoms with Crippen LogP contribution in [0.5, 0.6) is 0 Å². The summed E-state index contributed by atoms with van der Waals surface area (Å²) < 4.78 is 7.82. The molecule has 5 heteroatoms. The maximum atomic E-state index is 5.88. The highest BCUT2D eigenvalue weighted by molar-refractivity contribution is 5.03. The molecule has 0 bridgehead atoms. The quantitative estimate of drug-likeness (QED) is 0.798. The number of rotatable bonds is 3. The predicted octanol–water partition coefficient (Wildman–Crippen LogP) is 0.233. The number of hydrogen-bond acceptors (Lipinski definition) is 4. The van der Waals surface area contributed by atoms with Crippen LogP contribution in [0.4, 0.5) is 0 Å². The van der Waals surface area contributed by atoms with Gasteiger partial charge in [-0.05, 0) is 14.0 Å². The smallest absolute Gasteiger partial charge is 0.0949 e. The molecule has 1 aromatic heterocycles. The Kier molecular flexibility index (Phi) is 3.58. The van der Waals surface area contributed by atoms with Crippen LogP contribution in [0.1, 0.15) is 18.7 Å². The van der Waals surface area contributed by atoms with Crippen molar-refractivity contribution in [2.24, 2.45) is 5.73 Å². The lowest BCUT2D eigenvalue weighted by Gasteiger charge is -2.30. The number of imidazole rings is 1. The predicted molar refractivity (Wildman–Crippen MR) is 62.1 cm³/mol. The Labute approximate surface area is 96.2 Å². The van der Waals surface area contributed by atoms with E-state index in [1.807, 2.05) is 19.4 Å². The summed E-state index contributed by atoms with van der Waals surface area (Å²) in [4.78, 5) is 6.43. The third-order valence-electron chi connectivity index (χ3n) is 2.95. The van der Waals surface area contributed by atoms with Gasteiger partial charge < -0.3 is 19.9 Å². The van der Waals surface area contributed by atoms with Gasteiger partial charge in [-0.1, -0.05) is 0 Å². The van der Waals surface area contributed by atoms with E-state index >= 15 is 0 Å². The fourth-order valence-corrected chi connectivity index (χ4v) is 2.06. The van der Waals surface area contributed by atoms with Gasteiger partial charge in [0.05, 0.1) is 31.3 Å². The number of aromatic nitrogens is 2. The maximum absolute atomic E-state index is 5.88. The van der Waals surface area contributed by atoms with Crippen molar-refractivity contribution in [1.82, 2.24) is 14.5 Å². The molecule has 90 valence electrons. The Bertz CT molecular complexity index is 336. The molecule has 1 aliphatic heterocycles. The SMILES string of the molecule is C[C@@H](N)c1cncn1CC1CN(C)CCO1. The van der Waals surface area contributed by atoms with Gasteiger partial charge in [-0.25, -0.2) is 4.98 Å². The van der Waals surface area contributed by atoms with Crippen LogP contribution < -0.4 is 5.73 Å². The molecule has 16 heavy (non-hydrogen) atoms. The number of ether oxygens (including phenoxy) is 1. The maximum Gasteiger partial charge on any atom is 0.0949 e. The van der Waals surface area contributed by atoms with Gasteiger partial charge in [0.25, 0.3) is 0 Å². The highest BCUT2D eigenvalue weighted by Crippen LogP contribution is 2.12. The summed E-state index contributed by atoms with van der Waals surface area (Å²) in [5.74, 6) is 0. The molecule has 1 aliphatic rings. The molecule has 1 fully saturated rings. The van der Waals surface area contributed by atoms with E-state index in [1.165, 1.54) is 0 Å². The van der Waals surface area contributed by atoms with Crippen LogP contribution in [0.3, 0.4) is 0 Å². The lowest BCUT2D eigenvalue weighted by Crippen LogP contribution is -2.42. The monoisotopic (exact) mass is 224 g/mol. The number of nitrogens with two attached hydrogens (primary N) is 1. The zero-order valence-electron chi connectivity index (χ0n) is 9.97. The average molecular weight is 224 g/mol. The first-order valence-corrected chi connectivity index (χ1v) is 5.72. The zero-order valence-corrected chi connectivity index (χ0v) is 9.97. The summed E-state index contributed by atoms with van der Waals surface area (Å²) >= 11 is 0. The summed E-state index contributed by atoms with van der Waals surface area (Å²) in [7, 11) is 2.12. The van der Waals surface area contributed by atoms with Gasteiger partial charge in [0.15, 0.2) is 0 Å². The van der Waals surface area contributed by atoms with Gasteiger partial charge in [-0.2, -0.15) is 0 Å². The molecule has 5 nitrogen and oxygen atoms in total. The molecule has 0 aliphatic carbocycles. The fraction of sp³-hybridized carbons (Fsp3) is 0.727. The van der Waals surface area contributed by atoms with Crippen molar-refractivity contribution in [3.8, 4) is 0 Å². The number of hydrogen-bond donors (Lipinski definition) is 1. The van der Waals surface area contributed by atoms with Gasteiger partial charge in [0, 0.05) is 25.3 Å². The Morgan fingerprint density at radius 3 is 3.19 bits per heavy atom. The Hall–Kier alpha value is -0.910. The molecule has 2 heterocycles. The van der Waals surface area contributed by atoms with Crippen LogP contribution in [0.2, 0.25) is 0 Å². The molecule has 1 aromatic rings. The minimum atomic E-state index is 0.0174. The minimum Gasteiger partial charge on any atom is -0.374 e. The highest BCUT2D eigenvalue weighted by Gasteiger charge is 2.19. The Balaban J connectivity index is 2.00. The van der Waals surface area contributed by atoms with Crippen LogP contribution in [0.15, 0.2) is 12.5 Å². The van der Waals surface area contributed by atoms with E-state index < -0.39 is 0 Å². The van der Waals surface area contributed by atoms with Crippen molar-refractivity contribution in [3.63, 3.8) is 0 Å². The topological polar surface area (TPSA) is 56.3 Å². The number of likely N-dealkylation sites (N-methyl/N-ethyl adjacent to an activating group) is 1. The molecular weight excluding hydrogens is 204 g/mol. The molecular formula is C11H20N4O. The first kappa shape index (κ1) is 11.6. The first-order valence-electron chi connectivity index (χ1n) is 5.72. The lowest BCUT2D eigenvalue weighted by atomic mass is 10.2. The summed E-state index contributed by atoms with van der Waals surface area (Å²) in [6.07, 6.45) is 3.90. The van der Waals surface area contributed by atoms with E-state index in [-0.39, 0.29) is 12.1 Å². The van der Waals surface area contributed by atoms with Gasteiger partial charge >= 0.3 is 0 Å². The first-order chi connectivity index (χ1) is 7.66. The summed E-state index contributed by atoms with van der Waals surface area (Å²) in [5, 5.41) is 0. The van der Waals surface area contributed by atoms with Crippen molar-refractivity contribution in [2.75, 3.05) is 26.7 Å². The lowest BCUT2D eigenvalue weighted by molar-refractivity contribution is -0.0278. The fourth-order valence-electron chi connectivity index (χ4n) is 2.06. The molecule has 2 N–H and O–H groups in total. The van der Waals surface area contributed by atoms with Crippen molar-refractivity contribution in [1.29, 1.82) is 0 Å². The van der Waals surface area contributed by atoms with Crippen molar-refractivity contribution < 1.29 is 4.74 Å². The van der Waals surface area contributed by atoms with E-state index in [4.69, 9.17) is 10.5 Å². The number of morpholine rings is 1. The summed E-state index contributed by atoms with van der Waals surface area (Å²) in [6, 6.07) is 0.0174. The highest BCUT2D eigenvalue weighted by atomic mass is 16.5. The molecule has 1 saturated heterocycles. The molecule has 2 atom stereocenters. The van der Waals surface area contributed by atoms with Gasteiger partial charge in [0.1, 0.15) is 0 Å². The van der Waals surface area contributed by atoms with E-state index in [0.29, 0.717) is 0 Å². The van der Waals surface area contributed by atoms with E-state index in [2.05, 4.69) is 21.5 Å². The molecule has 0 aromatic carbocycles. The normalized spacial score (nSPS) is 24.6. The van der Waals surface area contributed by atoms with Crippen molar-refractivity contribution in [2.45, 2.75) is 25.6 Å². The Morgan fingerprint density at radius 2 is 2.50 bits per heavy atom. The van der Waals surface area contributed by atoms with Gasteiger partial charge in [0.2, 0.25) is 0 Å². The zero-order chi connectivity index (χ0) is 11.5. The van der Waals surface area contributed by atoms with Crippen LogP contribution >= 0.6 is 0 Å². The largest absolute Gasteiger partial charge is 0.374 e. The van der Waals surface area contributed by atoms with Crippen LogP contribution in [-0.2, 0) is 11.3 Å². The third kappa shape index (κ3) is 2.61. The second kappa shape index (κ2) is 4.95. The van der Waals surface area contributed by atoms with Crippen LogP contribution in [0, 0.1) is 0 Å². The van der Waals surface area contributed by atoms with Gasteiger partial charge in [-0.15, -0.1) is 0 Å². The third-order valence-corrected chi connectivity index (χ3v) is 2.95. The molecule has 1 unspecified atom stereocenters. The second-order valence-corrected chi connectivity index (χ2v) is 4.51. The van der Waals surface area contributed by atoms with Crippen molar-refractivity contribution >= 4 is 0 Å². The molecule has 0 radical (unpaired) electrons. The standard InChI is InChI=1S/C11H20N4O/c1-9(12)11-5-13-8-15(11)7-10-6-14(2)3-4-16-10/h5,8-10H,3-4,6-7,12H2,1-2H3/t9-,10?/m1/s1. The van der Waals surface area contributed by atoms with Crippen LogP contribution in [-0.4, -0.2) is 47.3 Å². The average Bonchev–Trinajstić information content (AvgIpc) is 2.66. The molecule has 0 amide bonds. The van der Waals surface area contributed by atoms with E-state index in [0.717, 1.165) is 31.9 Å². The van der Waals surface area contributed by atoms with E-state index in [9.17, 15) is 0 Å². The Morgan fingerprint density at radius 1 is 1.69 bits per heavy atom. The molecule has 0 saturated carbocycles. The van der Waals surface area contributed by atoms with Gasteiger partial charge in [-0.3, -0.25) is 0 Å². The molecule has 2 rings (SSSR count). The number of nitrogens with zero attached hydrogens (tertiary/aromatic N) is 3. The molecule has 0 spiro atoms. The van der Waals surface area contributed by atoms with Crippen LogP contribution in [0.25, 0.3) is 0 Å². The minimum absolute atomic E-state index is 0.0174.